The molecule has 2 N–H and O–H groups in total. The number of carbonyl (C=O) groups is 1. The van der Waals surface area contributed by atoms with Gasteiger partial charge in [-0.2, -0.15) is 8.78 Å². The highest BCUT2D eigenvalue weighted by Crippen LogP contribution is 2.50. The molecule has 2 aliphatic heterocycles. The van der Waals surface area contributed by atoms with E-state index in [0.29, 0.717) is 34.7 Å². The third kappa shape index (κ3) is 3.51. The van der Waals surface area contributed by atoms with Gasteiger partial charge in [-0.05, 0) is 36.2 Å². The summed E-state index contributed by atoms with van der Waals surface area (Å²) < 4.78 is 33.3. The van der Waals surface area contributed by atoms with Crippen molar-refractivity contribution in [2.75, 3.05) is 0 Å². The fraction of sp³-hybridized carbons (Fsp3) is 0.321. The Kier molecular flexibility index (Phi) is 4.88. The van der Waals surface area contributed by atoms with Crippen LogP contribution in [0.25, 0.3) is 27.0 Å². The Morgan fingerprint density at radius 3 is 2.69 bits per heavy atom. The van der Waals surface area contributed by atoms with Gasteiger partial charge >= 0.3 is 6.61 Å². The van der Waals surface area contributed by atoms with Gasteiger partial charge in [-0.25, -0.2) is 21.5 Å². The molecule has 0 saturated heterocycles. The summed E-state index contributed by atoms with van der Waals surface area (Å²) in [5, 5.41) is 13.8. The normalized spacial score (nSPS) is 26.8. The van der Waals surface area contributed by atoms with E-state index in [0.717, 1.165) is 16.6 Å². The van der Waals surface area contributed by atoms with E-state index in [9.17, 15) is 18.7 Å². The second kappa shape index (κ2) is 8.04. The van der Waals surface area contributed by atoms with E-state index in [1.54, 1.807) is 18.5 Å². The Balaban J connectivity index is 1.29. The Morgan fingerprint density at radius 1 is 1.21 bits per heavy atom. The SMILES string of the molecule is [C-]#[N+]C1(C)CC(O)(c2ncc(-c3ccc4nc5n(c4c3)[C@@H]3C[C@H]5NC(=O)c4cccc(OC(F)F)c43)cn2)C1. The van der Waals surface area contributed by atoms with Gasteiger partial charge in [0.25, 0.3) is 5.91 Å². The number of nitrogens with zero attached hydrogens (tertiary/aromatic N) is 5. The molecule has 196 valence electrons. The molecule has 39 heavy (non-hydrogen) atoms. The van der Waals surface area contributed by atoms with E-state index in [-0.39, 0.29) is 30.5 Å². The van der Waals surface area contributed by atoms with E-state index < -0.39 is 23.8 Å². The number of hydrogen-bond donors (Lipinski definition) is 2. The van der Waals surface area contributed by atoms with Crippen molar-refractivity contribution in [3.05, 3.63) is 83.0 Å². The molecular formula is C28H22F2N6O3. The molecule has 9 nitrogen and oxygen atoms in total. The van der Waals surface area contributed by atoms with Gasteiger partial charge in [0.1, 0.15) is 17.2 Å². The van der Waals surface area contributed by atoms with E-state index >= 15 is 0 Å². The first-order chi connectivity index (χ1) is 18.7. The molecule has 7 rings (SSSR count). The summed E-state index contributed by atoms with van der Waals surface area (Å²) in [4.78, 5) is 30.1. The number of alkyl halides is 2. The smallest absolute Gasteiger partial charge is 0.387 e. The summed E-state index contributed by atoms with van der Waals surface area (Å²) in [6, 6.07) is 9.48. The minimum Gasteiger partial charge on any atom is -0.434 e. The number of rotatable bonds is 4. The van der Waals surface area contributed by atoms with Crippen LogP contribution in [0.1, 0.15) is 65.8 Å². The number of benzene rings is 2. The number of ether oxygens (including phenoxy) is 1. The molecule has 1 saturated carbocycles. The first kappa shape index (κ1) is 23.7. The van der Waals surface area contributed by atoms with E-state index in [4.69, 9.17) is 16.3 Å². The Morgan fingerprint density at radius 2 is 1.97 bits per heavy atom. The molecule has 1 aliphatic carbocycles. The molecule has 2 aromatic carbocycles. The molecule has 2 atom stereocenters. The maximum atomic E-state index is 13.3. The number of imidazole rings is 1. The Hall–Kier alpha value is -4.43. The topological polar surface area (TPSA) is 107 Å². The van der Waals surface area contributed by atoms with Gasteiger partial charge in [-0.1, -0.05) is 12.1 Å². The number of amides is 1. The zero-order chi connectivity index (χ0) is 27.1. The predicted octanol–water partition coefficient (Wildman–Crippen LogP) is 4.53. The molecule has 3 aliphatic rings. The number of halogens is 2. The van der Waals surface area contributed by atoms with Crippen molar-refractivity contribution in [2.45, 2.75) is 56.0 Å². The molecule has 4 aromatic rings. The monoisotopic (exact) mass is 528 g/mol. The standard InChI is InChI=1S/C28H22F2N6O3/c1-27(31-2)12-28(38,13-27)25-32-10-15(11-33-25)14-6-7-17-19(8-14)36-20-9-18(23(36)34-17)35-24(37)16-4-3-5-21(22(16)20)39-26(29)30/h3-8,10-11,18,20,26,38H,9,12-13H2,1H3,(H,35,37)/t18-,20-,27?,28?/m1/s1. The van der Waals surface area contributed by atoms with Crippen LogP contribution in [-0.2, 0) is 5.60 Å². The lowest BCUT2D eigenvalue weighted by atomic mass is 9.66. The highest BCUT2D eigenvalue weighted by molar-refractivity contribution is 5.98. The largest absolute Gasteiger partial charge is 0.434 e. The van der Waals surface area contributed by atoms with Crippen molar-refractivity contribution < 1.29 is 23.4 Å². The van der Waals surface area contributed by atoms with Crippen LogP contribution in [0.15, 0.2) is 48.8 Å². The summed E-state index contributed by atoms with van der Waals surface area (Å²) in [6.07, 6.45) is 4.32. The number of hydrogen-bond acceptors (Lipinski definition) is 6. The molecule has 0 radical (unpaired) electrons. The van der Waals surface area contributed by atoms with Gasteiger partial charge in [-0.3, -0.25) is 4.79 Å². The predicted molar refractivity (Wildman–Crippen MR) is 135 cm³/mol. The summed E-state index contributed by atoms with van der Waals surface area (Å²) in [5.74, 6) is 0.571. The van der Waals surface area contributed by atoms with Crippen molar-refractivity contribution in [3.63, 3.8) is 0 Å². The van der Waals surface area contributed by atoms with Gasteiger partial charge in [0.05, 0.1) is 36.0 Å². The molecule has 11 heteroatoms. The maximum Gasteiger partial charge on any atom is 0.387 e. The summed E-state index contributed by atoms with van der Waals surface area (Å²) in [7, 11) is 0. The molecule has 4 heterocycles. The average molecular weight is 529 g/mol. The number of nitrogens with one attached hydrogen (secondary N) is 1. The average Bonchev–Trinajstić information content (AvgIpc) is 3.39. The minimum absolute atomic E-state index is 0.0265. The third-order valence-corrected chi connectivity index (χ3v) is 7.98. The van der Waals surface area contributed by atoms with Crippen LogP contribution in [-0.4, -0.2) is 42.7 Å². The lowest BCUT2D eigenvalue weighted by Gasteiger charge is -2.41. The Labute approximate surface area is 221 Å². The lowest BCUT2D eigenvalue weighted by molar-refractivity contribution is -0.0809. The van der Waals surface area contributed by atoms with Crippen LogP contribution in [0.3, 0.4) is 0 Å². The first-order valence-corrected chi connectivity index (χ1v) is 12.5. The van der Waals surface area contributed by atoms with Gasteiger partial charge in [-0.15, -0.1) is 0 Å². The van der Waals surface area contributed by atoms with Gasteiger partial charge in [0.2, 0.25) is 5.54 Å². The van der Waals surface area contributed by atoms with Crippen molar-refractivity contribution >= 4 is 16.9 Å². The fourth-order valence-corrected chi connectivity index (χ4v) is 6.35. The quantitative estimate of drug-likeness (QED) is 0.377. The second-order valence-corrected chi connectivity index (χ2v) is 10.7. The Bertz CT molecular complexity index is 1710. The summed E-state index contributed by atoms with van der Waals surface area (Å²) in [6.45, 7) is 6.09. The molecular weight excluding hydrogens is 506 g/mol. The van der Waals surface area contributed by atoms with Crippen molar-refractivity contribution in [2.24, 2.45) is 0 Å². The molecule has 1 amide bonds. The maximum absolute atomic E-state index is 13.3. The van der Waals surface area contributed by atoms with Crippen LogP contribution in [0.4, 0.5) is 8.78 Å². The number of aliphatic hydroxyl groups is 1. The third-order valence-electron chi connectivity index (χ3n) is 7.98. The number of fused-ring (bicyclic) bond motifs is 9. The van der Waals surface area contributed by atoms with Crippen LogP contribution in [0, 0.1) is 6.57 Å². The summed E-state index contributed by atoms with van der Waals surface area (Å²) in [5.41, 5.74) is 1.92. The van der Waals surface area contributed by atoms with Crippen LogP contribution in [0.5, 0.6) is 5.75 Å². The number of aromatic nitrogens is 4. The molecule has 2 aromatic heterocycles. The number of carbonyl (C=O) groups excluding carboxylic acids is 1. The van der Waals surface area contributed by atoms with E-state index in [1.807, 2.05) is 29.7 Å². The van der Waals surface area contributed by atoms with E-state index in [1.165, 1.54) is 12.1 Å². The van der Waals surface area contributed by atoms with Crippen LogP contribution >= 0.6 is 0 Å². The highest BCUT2D eigenvalue weighted by atomic mass is 19.3. The second-order valence-electron chi connectivity index (χ2n) is 10.7. The molecule has 2 bridgehead atoms. The van der Waals surface area contributed by atoms with Crippen molar-refractivity contribution in [1.82, 2.24) is 24.8 Å². The molecule has 0 spiro atoms. The van der Waals surface area contributed by atoms with Crippen molar-refractivity contribution in [3.8, 4) is 16.9 Å². The minimum atomic E-state index is -3.03. The molecule has 0 unspecified atom stereocenters. The van der Waals surface area contributed by atoms with E-state index in [2.05, 4.69) is 20.1 Å². The van der Waals surface area contributed by atoms with Crippen molar-refractivity contribution in [1.29, 1.82) is 0 Å². The fourth-order valence-electron chi connectivity index (χ4n) is 6.35. The lowest BCUT2D eigenvalue weighted by Crippen LogP contribution is -2.51. The zero-order valence-corrected chi connectivity index (χ0v) is 20.7. The van der Waals surface area contributed by atoms with Crippen LogP contribution < -0.4 is 10.1 Å². The summed E-state index contributed by atoms with van der Waals surface area (Å²) >= 11 is 0. The molecule has 1 fully saturated rings. The first-order valence-electron chi connectivity index (χ1n) is 12.5. The highest BCUT2D eigenvalue weighted by Gasteiger charge is 2.59. The van der Waals surface area contributed by atoms with Gasteiger partial charge in [0.15, 0.2) is 5.82 Å². The van der Waals surface area contributed by atoms with Gasteiger partial charge < -0.3 is 24.6 Å². The van der Waals surface area contributed by atoms with Gasteiger partial charge in [0, 0.05) is 36.0 Å². The van der Waals surface area contributed by atoms with Crippen LogP contribution in [0.2, 0.25) is 0 Å². The zero-order valence-electron chi connectivity index (χ0n) is 20.7.